The zero-order valence-electron chi connectivity index (χ0n) is 17.0. The first-order valence-corrected chi connectivity index (χ1v) is 10.9. The molecule has 1 fully saturated rings. The van der Waals surface area contributed by atoms with Gasteiger partial charge in [0.25, 0.3) is 0 Å². The number of hydrogen-bond donors (Lipinski definition) is 2. The van der Waals surface area contributed by atoms with Crippen LogP contribution in [0.2, 0.25) is 0 Å². The summed E-state index contributed by atoms with van der Waals surface area (Å²) in [5.74, 6) is 0.856. The minimum Gasteiger partial charge on any atom is -0.507 e. The quantitative estimate of drug-likeness (QED) is 0.755. The third-order valence-corrected chi connectivity index (χ3v) is 6.15. The molecule has 1 saturated carbocycles. The molecule has 5 heteroatoms. The summed E-state index contributed by atoms with van der Waals surface area (Å²) in [4.78, 5) is 24.8. The second kappa shape index (κ2) is 8.44. The number of carbonyl (C=O) groups is 1. The maximum atomic E-state index is 13.0. The molecule has 2 N–H and O–H groups in total. The van der Waals surface area contributed by atoms with Gasteiger partial charge in [0.1, 0.15) is 11.5 Å². The van der Waals surface area contributed by atoms with E-state index in [4.69, 9.17) is 4.42 Å². The number of benzene rings is 1. The molecule has 1 heterocycles. The fourth-order valence-corrected chi connectivity index (χ4v) is 4.46. The highest BCUT2D eigenvalue weighted by Gasteiger charge is 2.38. The fourth-order valence-electron chi connectivity index (χ4n) is 4.46. The van der Waals surface area contributed by atoms with Crippen molar-refractivity contribution in [2.24, 2.45) is 5.92 Å². The van der Waals surface area contributed by atoms with E-state index in [9.17, 15) is 14.7 Å². The molecule has 2 aliphatic rings. The zero-order chi connectivity index (χ0) is 20.4. The third kappa shape index (κ3) is 4.24. The Hall–Kier alpha value is -2.56. The van der Waals surface area contributed by atoms with Crippen molar-refractivity contribution in [3.8, 4) is 5.75 Å². The van der Waals surface area contributed by atoms with Crippen molar-refractivity contribution in [2.75, 3.05) is 5.32 Å². The summed E-state index contributed by atoms with van der Waals surface area (Å²) in [7, 11) is 0. The Kier molecular flexibility index (Phi) is 5.74. The van der Waals surface area contributed by atoms with Crippen molar-refractivity contribution in [1.29, 1.82) is 0 Å². The van der Waals surface area contributed by atoms with Crippen LogP contribution in [0.25, 0.3) is 0 Å². The van der Waals surface area contributed by atoms with Gasteiger partial charge in [0, 0.05) is 30.0 Å². The molecule has 0 bridgehead atoms. The average Bonchev–Trinajstić information content (AvgIpc) is 3.51. The lowest BCUT2D eigenvalue weighted by Crippen LogP contribution is -2.19. The fraction of sp³-hybridized carbons (Fsp3) is 0.500. The highest BCUT2D eigenvalue weighted by atomic mass is 16.4. The van der Waals surface area contributed by atoms with Gasteiger partial charge in [-0.1, -0.05) is 31.9 Å². The van der Waals surface area contributed by atoms with Gasteiger partial charge in [-0.15, -0.1) is 0 Å². The SMILES string of the molecule is CCC(=O)Nc1cccc([C@H](c2c(O)c3c(oc2=O)CCCCCC3)C2CC2)c1. The van der Waals surface area contributed by atoms with Gasteiger partial charge < -0.3 is 14.8 Å². The Bertz CT molecular complexity index is 958. The van der Waals surface area contributed by atoms with Crippen LogP contribution in [-0.4, -0.2) is 11.0 Å². The number of aryl methyl sites for hydroxylation is 1. The van der Waals surface area contributed by atoms with Crippen molar-refractivity contribution in [3.63, 3.8) is 0 Å². The van der Waals surface area contributed by atoms with Crippen LogP contribution < -0.4 is 10.9 Å². The predicted molar refractivity (Wildman–Crippen MR) is 112 cm³/mol. The minimum atomic E-state index is -0.415. The van der Waals surface area contributed by atoms with Gasteiger partial charge in [-0.05, 0) is 55.7 Å². The number of carbonyl (C=O) groups excluding carboxylic acids is 1. The average molecular weight is 395 g/mol. The molecule has 2 aromatic rings. The molecular formula is C24H29NO4. The number of fused-ring (bicyclic) bond motifs is 1. The van der Waals surface area contributed by atoms with Crippen molar-refractivity contribution in [2.45, 2.75) is 70.6 Å². The van der Waals surface area contributed by atoms with Crippen LogP contribution in [0.15, 0.2) is 33.5 Å². The van der Waals surface area contributed by atoms with E-state index < -0.39 is 5.63 Å². The lowest BCUT2D eigenvalue weighted by molar-refractivity contribution is -0.115. The van der Waals surface area contributed by atoms with Gasteiger partial charge in [0.15, 0.2) is 0 Å². The normalized spacial score (nSPS) is 17.7. The number of amides is 1. The molecule has 4 rings (SSSR count). The predicted octanol–water partition coefficient (Wildman–Crippen LogP) is 4.89. The first kappa shape index (κ1) is 19.7. The highest BCUT2D eigenvalue weighted by Crippen LogP contribution is 2.49. The molecule has 0 unspecified atom stereocenters. The summed E-state index contributed by atoms with van der Waals surface area (Å²) in [5, 5.41) is 14.1. The maximum Gasteiger partial charge on any atom is 0.343 e. The molecule has 29 heavy (non-hydrogen) atoms. The molecule has 1 atom stereocenters. The van der Waals surface area contributed by atoms with Gasteiger partial charge in [0.05, 0.1) is 5.56 Å². The van der Waals surface area contributed by atoms with E-state index >= 15 is 0 Å². The molecule has 0 radical (unpaired) electrons. The minimum absolute atomic E-state index is 0.0476. The van der Waals surface area contributed by atoms with E-state index in [1.54, 1.807) is 0 Å². The van der Waals surface area contributed by atoms with Crippen molar-refractivity contribution < 1.29 is 14.3 Å². The summed E-state index contributed by atoms with van der Waals surface area (Å²) in [6.45, 7) is 1.81. The van der Waals surface area contributed by atoms with Crippen molar-refractivity contribution in [1.82, 2.24) is 0 Å². The Balaban J connectivity index is 1.77. The lowest BCUT2D eigenvalue weighted by atomic mass is 9.85. The van der Waals surface area contributed by atoms with Crippen LogP contribution >= 0.6 is 0 Å². The van der Waals surface area contributed by atoms with Gasteiger partial charge in [-0.25, -0.2) is 4.79 Å². The molecule has 154 valence electrons. The molecule has 0 spiro atoms. The van der Waals surface area contributed by atoms with Crippen molar-refractivity contribution in [3.05, 3.63) is 57.1 Å². The Labute approximate surface area is 171 Å². The van der Waals surface area contributed by atoms with E-state index in [-0.39, 0.29) is 17.6 Å². The van der Waals surface area contributed by atoms with E-state index in [1.807, 2.05) is 31.2 Å². The molecule has 0 aliphatic heterocycles. The Morgan fingerprint density at radius 2 is 1.97 bits per heavy atom. The number of hydrogen-bond acceptors (Lipinski definition) is 4. The summed E-state index contributed by atoms with van der Waals surface area (Å²) in [6.07, 6.45) is 8.17. The van der Waals surface area contributed by atoms with E-state index in [1.165, 1.54) is 0 Å². The van der Waals surface area contributed by atoms with Crippen LogP contribution in [0.5, 0.6) is 5.75 Å². The highest BCUT2D eigenvalue weighted by molar-refractivity contribution is 5.90. The first-order chi connectivity index (χ1) is 14.1. The van der Waals surface area contributed by atoms with Gasteiger partial charge in [0.2, 0.25) is 5.91 Å². The third-order valence-electron chi connectivity index (χ3n) is 6.15. The zero-order valence-corrected chi connectivity index (χ0v) is 17.0. The van der Waals surface area contributed by atoms with Gasteiger partial charge in [-0.3, -0.25) is 4.79 Å². The monoisotopic (exact) mass is 395 g/mol. The summed E-state index contributed by atoms with van der Waals surface area (Å²) < 4.78 is 5.75. The maximum absolute atomic E-state index is 13.0. The van der Waals surface area contributed by atoms with Crippen LogP contribution in [0, 0.1) is 5.92 Å². The molecule has 2 aliphatic carbocycles. The topological polar surface area (TPSA) is 79.5 Å². The molecule has 1 amide bonds. The number of rotatable bonds is 5. The Morgan fingerprint density at radius 3 is 2.69 bits per heavy atom. The second-order valence-electron chi connectivity index (χ2n) is 8.31. The molecule has 1 aromatic carbocycles. The second-order valence-corrected chi connectivity index (χ2v) is 8.31. The summed E-state index contributed by atoms with van der Waals surface area (Å²) in [6, 6.07) is 7.64. The van der Waals surface area contributed by atoms with Crippen LogP contribution in [0.1, 0.15) is 80.2 Å². The van der Waals surface area contributed by atoms with Crippen LogP contribution in [0.4, 0.5) is 5.69 Å². The number of aromatic hydroxyl groups is 1. The molecule has 1 aromatic heterocycles. The van der Waals surface area contributed by atoms with E-state index in [2.05, 4.69) is 5.32 Å². The first-order valence-electron chi connectivity index (χ1n) is 10.9. The molecule has 0 saturated heterocycles. The number of nitrogens with one attached hydrogen (secondary N) is 1. The Morgan fingerprint density at radius 1 is 1.21 bits per heavy atom. The van der Waals surface area contributed by atoms with Crippen molar-refractivity contribution >= 4 is 11.6 Å². The van der Waals surface area contributed by atoms with Crippen LogP contribution in [-0.2, 0) is 17.6 Å². The molecular weight excluding hydrogens is 366 g/mol. The summed E-state index contributed by atoms with van der Waals surface area (Å²) in [5.41, 5.74) is 2.46. The summed E-state index contributed by atoms with van der Waals surface area (Å²) >= 11 is 0. The van der Waals surface area contributed by atoms with E-state index in [0.29, 0.717) is 30.1 Å². The van der Waals surface area contributed by atoms with Crippen LogP contribution in [0.3, 0.4) is 0 Å². The lowest BCUT2D eigenvalue weighted by Gasteiger charge is -2.22. The standard InChI is InChI=1S/C24H29NO4/c1-2-20(26)25-17-9-7-8-16(14-17)21(15-12-13-15)22-23(27)18-10-5-3-4-6-11-19(18)29-24(22)28/h7-9,14-15,21,27H,2-6,10-13H2,1H3,(H,25,26)/t21-/m1/s1. The smallest absolute Gasteiger partial charge is 0.343 e. The van der Waals surface area contributed by atoms with E-state index in [0.717, 1.165) is 61.8 Å². The molecule has 5 nitrogen and oxygen atoms in total. The van der Waals surface area contributed by atoms with Gasteiger partial charge >= 0.3 is 5.63 Å². The number of anilines is 1. The largest absolute Gasteiger partial charge is 0.507 e. The van der Waals surface area contributed by atoms with Gasteiger partial charge in [-0.2, -0.15) is 0 Å².